The molecule has 0 bridgehead atoms. The van der Waals surface area contributed by atoms with E-state index in [0.717, 1.165) is 0 Å². The number of halogens is 2. The van der Waals surface area contributed by atoms with E-state index in [1.54, 1.807) is 24.3 Å². The SMILES string of the molecule is O=CC1c2ccccc2C(=O)N1CC1CC(F)(F)C1. The Morgan fingerprint density at radius 2 is 2.00 bits per heavy atom. The van der Waals surface area contributed by atoms with Gasteiger partial charge in [-0.15, -0.1) is 0 Å². The van der Waals surface area contributed by atoms with Gasteiger partial charge in [0, 0.05) is 24.9 Å². The number of fused-ring (bicyclic) bond motifs is 1. The summed E-state index contributed by atoms with van der Waals surface area (Å²) >= 11 is 0. The summed E-state index contributed by atoms with van der Waals surface area (Å²) in [6, 6.07) is 6.28. The molecule has 1 aliphatic carbocycles. The van der Waals surface area contributed by atoms with E-state index in [9.17, 15) is 18.4 Å². The minimum absolute atomic E-state index is 0.196. The highest BCUT2D eigenvalue weighted by molar-refractivity contribution is 6.01. The van der Waals surface area contributed by atoms with Crippen LogP contribution in [0.2, 0.25) is 0 Å². The molecular formula is C14H13F2NO2. The molecule has 0 spiro atoms. The number of benzene rings is 1. The first-order valence-corrected chi connectivity index (χ1v) is 6.25. The molecule has 1 fully saturated rings. The van der Waals surface area contributed by atoms with Crippen molar-refractivity contribution < 1.29 is 18.4 Å². The fraction of sp³-hybridized carbons (Fsp3) is 0.429. The van der Waals surface area contributed by atoms with Crippen molar-refractivity contribution in [1.29, 1.82) is 0 Å². The third-order valence-corrected chi connectivity index (χ3v) is 3.86. The average Bonchev–Trinajstić information content (AvgIpc) is 2.61. The molecule has 0 radical (unpaired) electrons. The van der Waals surface area contributed by atoms with Gasteiger partial charge in [-0.25, -0.2) is 8.78 Å². The summed E-state index contributed by atoms with van der Waals surface area (Å²) in [5.74, 6) is -3.05. The van der Waals surface area contributed by atoms with E-state index >= 15 is 0 Å². The molecule has 1 heterocycles. The second-order valence-electron chi connectivity index (χ2n) is 5.26. The van der Waals surface area contributed by atoms with Crippen LogP contribution in [0.3, 0.4) is 0 Å². The van der Waals surface area contributed by atoms with E-state index in [2.05, 4.69) is 0 Å². The first kappa shape index (κ1) is 12.3. The number of hydrogen-bond donors (Lipinski definition) is 0. The van der Waals surface area contributed by atoms with Gasteiger partial charge < -0.3 is 9.69 Å². The molecule has 19 heavy (non-hydrogen) atoms. The summed E-state index contributed by atoms with van der Waals surface area (Å²) in [7, 11) is 0. The average molecular weight is 265 g/mol. The van der Waals surface area contributed by atoms with Gasteiger partial charge in [-0.1, -0.05) is 18.2 Å². The van der Waals surface area contributed by atoms with E-state index in [0.29, 0.717) is 17.4 Å². The van der Waals surface area contributed by atoms with Crippen LogP contribution in [0.5, 0.6) is 0 Å². The molecule has 0 aromatic heterocycles. The van der Waals surface area contributed by atoms with E-state index in [-0.39, 0.29) is 31.2 Å². The molecular weight excluding hydrogens is 252 g/mol. The number of hydrogen-bond acceptors (Lipinski definition) is 2. The van der Waals surface area contributed by atoms with Gasteiger partial charge in [0.15, 0.2) is 0 Å². The fourth-order valence-electron chi connectivity index (χ4n) is 2.93. The number of aldehydes is 1. The fourth-order valence-corrected chi connectivity index (χ4v) is 2.93. The molecule has 1 atom stereocenters. The predicted molar refractivity (Wildman–Crippen MR) is 64.0 cm³/mol. The maximum Gasteiger partial charge on any atom is 0.255 e. The number of carbonyl (C=O) groups excluding carboxylic acids is 2. The highest BCUT2D eigenvalue weighted by Crippen LogP contribution is 2.44. The third-order valence-electron chi connectivity index (χ3n) is 3.86. The number of rotatable bonds is 3. The number of alkyl halides is 2. The van der Waals surface area contributed by atoms with Crippen molar-refractivity contribution in [1.82, 2.24) is 4.90 Å². The quantitative estimate of drug-likeness (QED) is 0.787. The van der Waals surface area contributed by atoms with Crippen molar-refractivity contribution in [3.05, 3.63) is 35.4 Å². The lowest BCUT2D eigenvalue weighted by atomic mass is 9.81. The molecule has 1 amide bonds. The van der Waals surface area contributed by atoms with E-state index in [1.807, 2.05) is 0 Å². The van der Waals surface area contributed by atoms with Crippen molar-refractivity contribution in [2.75, 3.05) is 6.54 Å². The van der Waals surface area contributed by atoms with Crippen molar-refractivity contribution in [2.45, 2.75) is 24.8 Å². The van der Waals surface area contributed by atoms with Crippen molar-refractivity contribution >= 4 is 12.2 Å². The lowest BCUT2D eigenvalue weighted by molar-refractivity contribution is -0.120. The molecule has 1 aliphatic heterocycles. The van der Waals surface area contributed by atoms with Gasteiger partial charge >= 0.3 is 0 Å². The second-order valence-corrected chi connectivity index (χ2v) is 5.26. The number of amides is 1. The van der Waals surface area contributed by atoms with Crippen molar-refractivity contribution in [3.63, 3.8) is 0 Å². The zero-order valence-electron chi connectivity index (χ0n) is 10.2. The molecule has 1 aromatic rings. The van der Waals surface area contributed by atoms with Crippen LogP contribution in [0.4, 0.5) is 8.78 Å². The Morgan fingerprint density at radius 3 is 2.63 bits per heavy atom. The molecule has 1 aromatic carbocycles. The zero-order chi connectivity index (χ0) is 13.6. The molecule has 1 saturated carbocycles. The van der Waals surface area contributed by atoms with Gasteiger partial charge in [0.05, 0.1) is 0 Å². The van der Waals surface area contributed by atoms with Gasteiger partial charge in [0.25, 0.3) is 5.91 Å². The Balaban J connectivity index is 1.80. The van der Waals surface area contributed by atoms with Crippen LogP contribution in [0.15, 0.2) is 24.3 Å². The highest BCUT2D eigenvalue weighted by Gasteiger charge is 2.48. The van der Waals surface area contributed by atoms with Crippen LogP contribution in [-0.4, -0.2) is 29.6 Å². The summed E-state index contributed by atoms with van der Waals surface area (Å²) in [6.07, 6.45) is 0.317. The van der Waals surface area contributed by atoms with E-state index < -0.39 is 12.0 Å². The second kappa shape index (κ2) is 4.11. The standard InChI is InChI=1S/C14H13F2NO2/c15-14(16)5-9(6-14)7-17-12(8-18)10-3-1-2-4-11(10)13(17)19/h1-4,8-9,12H,5-7H2. The summed E-state index contributed by atoms with van der Waals surface area (Å²) in [5.41, 5.74) is 1.18. The van der Waals surface area contributed by atoms with Crippen molar-refractivity contribution in [2.24, 2.45) is 5.92 Å². The smallest absolute Gasteiger partial charge is 0.255 e. The molecule has 100 valence electrons. The Labute approximate surface area is 109 Å². The maximum atomic E-state index is 12.8. The van der Waals surface area contributed by atoms with Gasteiger partial charge in [-0.2, -0.15) is 0 Å². The van der Waals surface area contributed by atoms with Gasteiger partial charge in [-0.05, 0) is 17.5 Å². The number of nitrogens with zero attached hydrogens (tertiary/aromatic N) is 1. The van der Waals surface area contributed by atoms with Crippen LogP contribution in [0, 0.1) is 5.92 Å². The lowest BCUT2D eigenvalue weighted by Crippen LogP contribution is -2.43. The van der Waals surface area contributed by atoms with Crippen LogP contribution < -0.4 is 0 Å². The molecule has 0 N–H and O–H groups in total. The third kappa shape index (κ3) is 1.93. The topological polar surface area (TPSA) is 37.4 Å². The summed E-state index contributed by atoms with van der Waals surface area (Å²) < 4.78 is 25.7. The Morgan fingerprint density at radius 1 is 1.32 bits per heavy atom. The Bertz CT molecular complexity index is 536. The van der Waals surface area contributed by atoms with Gasteiger partial charge in [-0.3, -0.25) is 4.79 Å². The summed E-state index contributed by atoms with van der Waals surface area (Å²) in [6.45, 7) is 0.229. The van der Waals surface area contributed by atoms with Crippen LogP contribution in [-0.2, 0) is 4.79 Å². The molecule has 1 unspecified atom stereocenters. The first-order valence-electron chi connectivity index (χ1n) is 6.25. The van der Waals surface area contributed by atoms with Crippen LogP contribution in [0.1, 0.15) is 34.8 Å². The van der Waals surface area contributed by atoms with Crippen LogP contribution >= 0.6 is 0 Å². The summed E-state index contributed by atoms with van der Waals surface area (Å²) in [4.78, 5) is 24.8. The first-order chi connectivity index (χ1) is 9.02. The normalized spacial score (nSPS) is 25.1. The Kier molecular flexibility index (Phi) is 2.66. The van der Waals surface area contributed by atoms with Gasteiger partial charge in [0.1, 0.15) is 12.3 Å². The van der Waals surface area contributed by atoms with Crippen LogP contribution in [0.25, 0.3) is 0 Å². The monoisotopic (exact) mass is 265 g/mol. The molecule has 5 heteroatoms. The van der Waals surface area contributed by atoms with E-state index in [1.165, 1.54) is 4.90 Å². The lowest BCUT2D eigenvalue weighted by Gasteiger charge is -2.38. The molecule has 2 aliphatic rings. The minimum Gasteiger partial charge on any atom is -0.324 e. The van der Waals surface area contributed by atoms with E-state index in [4.69, 9.17) is 0 Å². The highest BCUT2D eigenvalue weighted by atomic mass is 19.3. The van der Waals surface area contributed by atoms with Crippen molar-refractivity contribution in [3.8, 4) is 0 Å². The summed E-state index contributed by atoms with van der Waals surface area (Å²) in [5, 5.41) is 0. The number of carbonyl (C=O) groups is 2. The largest absolute Gasteiger partial charge is 0.324 e. The Hall–Kier alpha value is -1.78. The van der Waals surface area contributed by atoms with Gasteiger partial charge in [0.2, 0.25) is 5.92 Å². The molecule has 3 nitrogen and oxygen atoms in total. The minimum atomic E-state index is -2.60. The maximum absolute atomic E-state index is 12.8. The predicted octanol–water partition coefficient (Wildman–Crippen LogP) is 2.43. The zero-order valence-corrected chi connectivity index (χ0v) is 10.2. The molecule has 3 rings (SSSR count). The molecule has 0 saturated heterocycles.